The van der Waals surface area contributed by atoms with Crippen molar-refractivity contribution in [2.75, 3.05) is 13.7 Å². The van der Waals surface area contributed by atoms with Crippen molar-refractivity contribution in [2.24, 2.45) is 11.8 Å². The molecular weight excluding hydrogens is 311 g/mol. The lowest BCUT2D eigenvalue weighted by atomic mass is 9.73. The van der Waals surface area contributed by atoms with Crippen LogP contribution < -0.4 is 5.32 Å². The third-order valence-corrected chi connectivity index (χ3v) is 5.14. The molecule has 0 amide bonds. The number of hydrogen-bond acceptors (Lipinski definition) is 5. The number of esters is 1. The SMILES string of the molecule is COC(=O)C1CCC(C(C)(C)NCC(O)c2cncc(F)c2)CC1. The fraction of sp³-hybridized carbons (Fsp3) is 0.667. The number of methoxy groups -OCH3 is 1. The van der Waals surface area contributed by atoms with E-state index in [1.54, 1.807) is 0 Å². The highest BCUT2D eigenvalue weighted by molar-refractivity contribution is 5.72. The van der Waals surface area contributed by atoms with Crippen LogP contribution in [0, 0.1) is 17.7 Å². The molecular formula is C18H27FN2O3. The Bertz CT molecular complexity index is 557. The number of carbonyl (C=O) groups is 1. The van der Waals surface area contributed by atoms with Gasteiger partial charge in [-0.05, 0) is 51.5 Å². The molecule has 6 heteroatoms. The van der Waals surface area contributed by atoms with Gasteiger partial charge in [0, 0.05) is 23.8 Å². The number of rotatable bonds is 6. The Morgan fingerprint density at radius 1 is 1.42 bits per heavy atom. The van der Waals surface area contributed by atoms with E-state index in [-0.39, 0.29) is 17.4 Å². The number of nitrogens with zero attached hydrogens (tertiary/aromatic N) is 1. The second-order valence-corrected chi connectivity index (χ2v) is 7.13. The summed E-state index contributed by atoms with van der Waals surface area (Å²) in [6.45, 7) is 4.54. The minimum absolute atomic E-state index is 0.00556. The van der Waals surface area contributed by atoms with Crippen molar-refractivity contribution in [2.45, 2.75) is 51.2 Å². The van der Waals surface area contributed by atoms with Gasteiger partial charge in [0.25, 0.3) is 0 Å². The number of nitrogens with one attached hydrogen (secondary N) is 1. The van der Waals surface area contributed by atoms with Crippen molar-refractivity contribution in [1.29, 1.82) is 0 Å². The molecule has 5 nitrogen and oxygen atoms in total. The van der Waals surface area contributed by atoms with Crippen molar-refractivity contribution in [3.05, 3.63) is 29.8 Å². The summed E-state index contributed by atoms with van der Waals surface area (Å²) in [6, 6.07) is 1.30. The van der Waals surface area contributed by atoms with Gasteiger partial charge in [0.2, 0.25) is 0 Å². The number of aliphatic hydroxyl groups is 1. The van der Waals surface area contributed by atoms with E-state index in [2.05, 4.69) is 24.1 Å². The zero-order valence-corrected chi connectivity index (χ0v) is 14.6. The number of β-amino-alcohol motifs (C(OH)–C–C–N with tert-alkyl or cyclic N) is 1. The highest BCUT2D eigenvalue weighted by Gasteiger charge is 2.35. The topological polar surface area (TPSA) is 71.5 Å². The van der Waals surface area contributed by atoms with E-state index >= 15 is 0 Å². The fourth-order valence-corrected chi connectivity index (χ4v) is 3.45. The van der Waals surface area contributed by atoms with Crippen LogP contribution >= 0.6 is 0 Å². The summed E-state index contributed by atoms with van der Waals surface area (Å²) in [4.78, 5) is 15.4. The molecule has 1 saturated carbocycles. The first-order chi connectivity index (χ1) is 11.3. The van der Waals surface area contributed by atoms with Gasteiger partial charge in [-0.3, -0.25) is 9.78 Å². The van der Waals surface area contributed by atoms with E-state index in [1.807, 2.05) is 0 Å². The Morgan fingerprint density at radius 3 is 2.67 bits per heavy atom. The smallest absolute Gasteiger partial charge is 0.308 e. The minimum Gasteiger partial charge on any atom is -0.469 e. The van der Waals surface area contributed by atoms with Crippen molar-refractivity contribution >= 4 is 5.97 Å². The van der Waals surface area contributed by atoms with E-state index < -0.39 is 11.9 Å². The molecule has 0 radical (unpaired) electrons. The second kappa shape index (κ2) is 8.03. The maximum absolute atomic E-state index is 13.2. The molecule has 1 aliphatic carbocycles. The van der Waals surface area contributed by atoms with Crippen LogP contribution in [0.3, 0.4) is 0 Å². The highest BCUT2D eigenvalue weighted by Crippen LogP contribution is 2.36. The predicted molar refractivity (Wildman–Crippen MR) is 88.7 cm³/mol. The van der Waals surface area contributed by atoms with Crippen molar-refractivity contribution in [1.82, 2.24) is 10.3 Å². The molecule has 134 valence electrons. The van der Waals surface area contributed by atoms with Gasteiger partial charge in [-0.1, -0.05) is 0 Å². The van der Waals surface area contributed by atoms with Crippen LogP contribution in [-0.4, -0.2) is 35.3 Å². The van der Waals surface area contributed by atoms with Gasteiger partial charge in [-0.15, -0.1) is 0 Å². The lowest BCUT2D eigenvalue weighted by Gasteiger charge is -2.40. The predicted octanol–water partition coefficient (Wildman–Crippen LogP) is 2.60. The summed E-state index contributed by atoms with van der Waals surface area (Å²) < 4.78 is 18.0. The highest BCUT2D eigenvalue weighted by atomic mass is 19.1. The molecule has 1 atom stereocenters. The molecule has 24 heavy (non-hydrogen) atoms. The number of hydrogen-bond donors (Lipinski definition) is 2. The summed E-state index contributed by atoms with van der Waals surface area (Å²) in [7, 11) is 1.43. The monoisotopic (exact) mass is 338 g/mol. The number of carbonyl (C=O) groups excluding carboxylic acids is 1. The van der Waals surface area contributed by atoms with Gasteiger partial charge in [0.15, 0.2) is 0 Å². The van der Waals surface area contributed by atoms with Gasteiger partial charge in [0.1, 0.15) is 5.82 Å². The average molecular weight is 338 g/mol. The molecule has 2 N–H and O–H groups in total. The van der Waals surface area contributed by atoms with E-state index in [9.17, 15) is 14.3 Å². The molecule has 0 spiro atoms. The average Bonchev–Trinajstić information content (AvgIpc) is 2.59. The molecule has 1 fully saturated rings. The lowest BCUT2D eigenvalue weighted by molar-refractivity contribution is -0.147. The van der Waals surface area contributed by atoms with Crippen LogP contribution in [0.1, 0.15) is 51.2 Å². The van der Waals surface area contributed by atoms with Crippen molar-refractivity contribution in [3.63, 3.8) is 0 Å². The van der Waals surface area contributed by atoms with Crippen LogP contribution in [0.5, 0.6) is 0 Å². The summed E-state index contributed by atoms with van der Waals surface area (Å²) in [5.41, 5.74) is 0.288. The quantitative estimate of drug-likeness (QED) is 0.780. The first-order valence-electron chi connectivity index (χ1n) is 8.45. The van der Waals surface area contributed by atoms with E-state index in [0.29, 0.717) is 18.0 Å². The zero-order chi connectivity index (χ0) is 17.7. The molecule has 1 heterocycles. The second-order valence-electron chi connectivity index (χ2n) is 7.13. The number of aliphatic hydroxyl groups excluding tert-OH is 1. The van der Waals surface area contributed by atoms with Crippen LogP contribution in [0.25, 0.3) is 0 Å². The van der Waals surface area contributed by atoms with Crippen LogP contribution in [0.15, 0.2) is 18.5 Å². The summed E-state index contributed by atoms with van der Waals surface area (Å²) in [6.07, 6.45) is 5.34. The van der Waals surface area contributed by atoms with Gasteiger partial charge in [0.05, 0.1) is 25.3 Å². The van der Waals surface area contributed by atoms with Gasteiger partial charge < -0.3 is 15.2 Å². The van der Waals surface area contributed by atoms with Gasteiger partial charge in [-0.2, -0.15) is 0 Å². The summed E-state index contributed by atoms with van der Waals surface area (Å²) in [5, 5.41) is 13.6. The largest absolute Gasteiger partial charge is 0.469 e. The molecule has 0 aromatic carbocycles. The zero-order valence-electron chi connectivity index (χ0n) is 14.6. The molecule has 0 bridgehead atoms. The first-order valence-corrected chi connectivity index (χ1v) is 8.45. The van der Waals surface area contributed by atoms with Crippen molar-refractivity contribution < 1.29 is 19.0 Å². The van der Waals surface area contributed by atoms with E-state index in [1.165, 1.54) is 19.4 Å². The molecule has 1 aromatic heterocycles. The van der Waals surface area contributed by atoms with Crippen molar-refractivity contribution in [3.8, 4) is 0 Å². The number of pyridine rings is 1. The molecule has 2 rings (SSSR count). The van der Waals surface area contributed by atoms with Gasteiger partial charge >= 0.3 is 5.97 Å². The number of aromatic nitrogens is 1. The Labute approximate surface area is 142 Å². The molecule has 1 aromatic rings. The Morgan fingerprint density at radius 2 is 2.08 bits per heavy atom. The molecule has 1 unspecified atom stereocenters. The van der Waals surface area contributed by atoms with Crippen LogP contribution in [-0.2, 0) is 9.53 Å². The lowest BCUT2D eigenvalue weighted by Crippen LogP contribution is -2.49. The third-order valence-electron chi connectivity index (χ3n) is 5.14. The maximum Gasteiger partial charge on any atom is 0.308 e. The normalized spacial score (nSPS) is 22.9. The number of halogens is 1. The fourth-order valence-electron chi connectivity index (χ4n) is 3.45. The number of ether oxygens (including phenoxy) is 1. The van der Waals surface area contributed by atoms with E-state index in [0.717, 1.165) is 31.9 Å². The maximum atomic E-state index is 13.2. The third kappa shape index (κ3) is 4.74. The summed E-state index contributed by atoms with van der Waals surface area (Å²) in [5.74, 6) is -0.151. The molecule has 0 aliphatic heterocycles. The van der Waals surface area contributed by atoms with Crippen LogP contribution in [0.2, 0.25) is 0 Å². The molecule has 1 aliphatic rings. The standard InChI is InChI=1S/C18H27FN2O3/c1-18(2,14-6-4-12(5-7-14)17(23)24-3)21-11-16(22)13-8-15(19)10-20-9-13/h8-10,12,14,16,21-22H,4-7,11H2,1-3H3. The first kappa shape index (κ1) is 18.8. The van der Waals surface area contributed by atoms with Gasteiger partial charge in [-0.25, -0.2) is 4.39 Å². The Kier molecular flexibility index (Phi) is 6.29. The Balaban J connectivity index is 1.86. The molecule has 0 saturated heterocycles. The Hall–Kier alpha value is -1.53. The van der Waals surface area contributed by atoms with Crippen LogP contribution in [0.4, 0.5) is 4.39 Å². The summed E-state index contributed by atoms with van der Waals surface area (Å²) >= 11 is 0. The van der Waals surface area contributed by atoms with E-state index in [4.69, 9.17) is 4.74 Å². The minimum atomic E-state index is -0.807.